The van der Waals surface area contributed by atoms with Crippen LogP contribution in [-0.2, 0) is 29.6 Å². The molecule has 0 saturated carbocycles. The Morgan fingerprint density at radius 3 is 2.51 bits per heavy atom. The number of rotatable bonds is 7. The van der Waals surface area contributed by atoms with Gasteiger partial charge in [0.25, 0.3) is 0 Å². The molecular formula is C35H51N7O5. The summed E-state index contributed by atoms with van der Waals surface area (Å²) in [6, 6.07) is 4.08. The van der Waals surface area contributed by atoms with Crippen molar-refractivity contribution in [2.75, 3.05) is 72.0 Å². The SMILES string of the molecule is CCN1CCN(C(=O)CCc2c(C)nn(C)c2C)CCC(=O)NCC2CCCN(C2)c2nc3cc(OC)c(OC)c(OC)c3cc2C1. The zero-order chi connectivity index (χ0) is 33.7. The zero-order valence-electron chi connectivity index (χ0n) is 29.1. The summed E-state index contributed by atoms with van der Waals surface area (Å²) in [7, 11) is 6.79. The van der Waals surface area contributed by atoms with Gasteiger partial charge in [-0.1, -0.05) is 6.92 Å². The van der Waals surface area contributed by atoms with Gasteiger partial charge in [-0.15, -0.1) is 0 Å². The van der Waals surface area contributed by atoms with E-state index in [1.54, 1.807) is 21.3 Å². The van der Waals surface area contributed by atoms with Crippen molar-refractivity contribution in [2.45, 2.75) is 59.4 Å². The number of carbonyl (C=O) groups is 2. The minimum absolute atomic E-state index is 0.0150. The fourth-order valence-corrected chi connectivity index (χ4v) is 7.00. The predicted molar refractivity (Wildman–Crippen MR) is 182 cm³/mol. The van der Waals surface area contributed by atoms with Crippen molar-refractivity contribution < 1.29 is 23.8 Å². The molecule has 2 amide bonds. The maximum atomic E-state index is 13.7. The monoisotopic (exact) mass is 649 g/mol. The molecule has 0 aliphatic carbocycles. The van der Waals surface area contributed by atoms with Crippen LogP contribution in [0.2, 0.25) is 0 Å². The number of hydrogen-bond donors (Lipinski definition) is 1. The number of fused-ring (bicyclic) bond motifs is 5. The van der Waals surface area contributed by atoms with Crippen LogP contribution in [-0.4, -0.2) is 104 Å². The Morgan fingerprint density at radius 1 is 1.04 bits per heavy atom. The maximum Gasteiger partial charge on any atom is 0.222 e. The van der Waals surface area contributed by atoms with Crippen LogP contribution in [0.25, 0.3) is 10.9 Å². The van der Waals surface area contributed by atoms with Gasteiger partial charge >= 0.3 is 0 Å². The molecule has 2 aromatic heterocycles. The summed E-state index contributed by atoms with van der Waals surface area (Å²) in [4.78, 5) is 38.5. The quantitative estimate of drug-likeness (QED) is 0.410. The molecule has 1 saturated heterocycles. The lowest BCUT2D eigenvalue weighted by atomic mass is 9.97. The Morgan fingerprint density at radius 2 is 1.83 bits per heavy atom. The Labute approximate surface area is 278 Å². The van der Waals surface area contributed by atoms with Crippen molar-refractivity contribution in [3.63, 3.8) is 0 Å². The first-order chi connectivity index (χ1) is 22.7. The molecule has 0 spiro atoms. The summed E-state index contributed by atoms with van der Waals surface area (Å²) in [6.45, 7) is 11.5. The lowest BCUT2D eigenvalue weighted by Gasteiger charge is -2.35. The molecule has 2 aliphatic heterocycles. The van der Waals surface area contributed by atoms with E-state index in [2.05, 4.69) is 33.2 Å². The van der Waals surface area contributed by atoms with Gasteiger partial charge in [-0.05, 0) is 57.2 Å². The fourth-order valence-electron chi connectivity index (χ4n) is 7.00. The lowest BCUT2D eigenvalue weighted by Crippen LogP contribution is -2.42. The maximum absolute atomic E-state index is 13.7. The first kappa shape index (κ1) is 34.3. The number of likely N-dealkylation sites (N-methyl/N-ethyl adjacent to an activating group) is 1. The molecule has 4 heterocycles. The van der Waals surface area contributed by atoms with Crippen LogP contribution in [0, 0.1) is 19.8 Å². The first-order valence-electron chi connectivity index (χ1n) is 16.8. The van der Waals surface area contributed by atoms with Gasteiger partial charge in [0.2, 0.25) is 17.6 Å². The molecule has 1 fully saturated rings. The Balaban J connectivity index is 1.47. The van der Waals surface area contributed by atoms with E-state index < -0.39 is 0 Å². The third kappa shape index (κ3) is 7.58. The summed E-state index contributed by atoms with van der Waals surface area (Å²) in [5, 5.41) is 8.54. The summed E-state index contributed by atoms with van der Waals surface area (Å²) in [5.41, 5.74) is 5.02. The Hall–Kier alpha value is -4.06. The smallest absolute Gasteiger partial charge is 0.222 e. The summed E-state index contributed by atoms with van der Waals surface area (Å²) in [5.74, 6) is 2.97. The summed E-state index contributed by atoms with van der Waals surface area (Å²) >= 11 is 0. The molecule has 256 valence electrons. The van der Waals surface area contributed by atoms with Crippen molar-refractivity contribution >= 4 is 28.5 Å². The van der Waals surface area contributed by atoms with Crippen LogP contribution in [0.5, 0.6) is 17.2 Å². The third-order valence-corrected chi connectivity index (χ3v) is 9.82. The van der Waals surface area contributed by atoms with Crippen LogP contribution < -0.4 is 24.4 Å². The molecule has 1 unspecified atom stereocenters. The van der Waals surface area contributed by atoms with E-state index in [9.17, 15) is 9.59 Å². The third-order valence-electron chi connectivity index (χ3n) is 9.82. The second kappa shape index (κ2) is 15.2. The average molecular weight is 650 g/mol. The van der Waals surface area contributed by atoms with Gasteiger partial charge in [0, 0.05) is 88.4 Å². The van der Waals surface area contributed by atoms with Crippen LogP contribution in [0.4, 0.5) is 5.82 Å². The van der Waals surface area contributed by atoms with Crippen molar-refractivity contribution in [1.29, 1.82) is 0 Å². The number of ether oxygens (including phenoxy) is 3. The molecule has 1 aromatic carbocycles. The van der Waals surface area contributed by atoms with Gasteiger partial charge in [0.15, 0.2) is 11.5 Å². The molecule has 1 atom stereocenters. The molecule has 0 radical (unpaired) electrons. The number of nitrogens with one attached hydrogen (secondary N) is 1. The van der Waals surface area contributed by atoms with Crippen molar-refractivity contribution in [3.8, 4) is 17.2 Å². The molecule has 12 heteroatoms. The van der Waals surface area contributed by atoms with Crippen molar-refractivity contribution in [3.05, 3.63) is 34.6 Å². The number of methoxy groups -OCH3 is 3. The van der Waals surface area contributed by atoms with Gasteiger partial charge in [0.05, 0.1) is 32.5 Å². The normalized spacial score (nSPS) is 18.3. The van der Waals surface area contributed by atoms with E-state index >= 15 is 0 Å². The van der Waals surface area contributed by atoms with Crippen LogP contribution >= 0.6 is 0 Å². The second-order valence-electron chi connectivity index (χ2n) is 12.7. The lowest BCUT2D eigenvalue weighted by molar-refractivity contribution is -0.132. The molecule has 2 bridgehead atoms. The predicted octanol–water partition coefficient (Wildman–Crippen LogP) is 3.63. The number of benzene rings is 1. The molecule has 5 rings (SSSR count). The highest BCUT2D eigenvalue weighted by atomic mass is 16.5. The Bertz CT molecular complexity index is 1590. The number of aromatic nitrogens is 3. The molecule has 47 heavy (non-hydrogen) atoms. The number of hydrogen-bond acceptors (Lipinski definition) is 9. The average Bonchev–Trinajstić information content (AvgIpc) is 3.32. The molecule has 3 aromatic rings. The Kier molecular flexibility index (Phi) is 11.1. The summed E-state index contributed by atoms with van der Waals surface area (Å²) in [6.07, 6.45) is 3.35. The van der Waals surface area contributed by atoms with Gasteiger partial charge in [-0.2, -0.15) is 5.10 Å². The topological polar surface area (TPSA) is 114 Å². The van der Waals surface area contributed by atoms with Gasteiger partial charge in [0.1, 0.15) is 5.82 Å². The number of anilines is 1. The van der Waals surface area contributed by atoms with Crippen LogP contribution in [0.15, 0.2) is 12.1 Å². The van der Waals surface area contributed by atoms with E-state index in [-0.39, 0.29) is 18.2 Å². The molecule has 1 N–H and O–H groups in total. The van der Waals surface area contributed by atoms with E-state index in [4.69, 9.17) is 19.2 Å². The number of piperidine rings is 1. The molecular weight excluding hydrogens is 598 g/mol. The van der Waals surface area contributed by atoms with Gasteiger partial charge in [-0.25, -0.2) is 4.98 Å². The van der Waals surface area contributed by atoms with E-state index in [1.807, 2.05) is 36.5 Å². The molecule has 12 nitrogen and oxygen atoms in total. The fraction of sp³-hybridized carbons (Fsp3) is 0.600. The second-order valence-corrected chi connectivity index (χ2v) is 12.7. The van der Waals surface area contributed by atoms with E-state index in [0.717, 1.165) is 71.7 Å². The van der Waals surface area contributed by atoms with E-state index in [1.165, 1.54) is 0 Å². The van der Waals surface area contributed by atoms with Gasteiger partial charge < -0.3 is 29.3 Å². The first-order valence-corrected chi connectivity index (χ1v) is 16.8. The minimum atomic E-state index is -0.0150. The van der Waals surface area contributed by atoms with Gasteiger partial charge in [-0.3, -0.25) is 19.2 Å². The number of pyridine rings is 1. The minimum Gasteiger partial charge on any atom is -0.493 e. The van der Waals surface area contributed by atoms with Crippen molar-refractivity contribution in [2.24, 2.45) is 13.0 Å². The van der Waals surface area contributed by atoms with Crippen LogP contribution in [0.3, 0.4) is 0 Å². The van der Waals surface area contributed by atoms with Crippen molar-refractivity contribution in [1.82, 2.24) is 29.9 Å². The van der Waals surface area contributed by atoms with Crippen LogP contribution in [0.1, 0.15) is 55.1 Å². The highest BCUT2D eigenvalue weighted by Gasteiger charge is 2.27. The zero-order valence-corrected chi connectivity index (χ0v) is 29.1. The largest absolute Gasteiger partial charge is 0.493 e. The summed E-state index contributed by atoms with van der Waals surface area (Å²) < 4.78 is 19.1. The number of amides is 2. The molecule has 2 aliphatic rings. The number of aryl methyl sites for hydroxylation is 2. The highest BCUT2D eigenvalue weighted by Crippen LogP contribution is 2.44. The number of carbonyl (C=O) groups excluding carboxylic acids is 2. The highest BCUT2D eigenvalue weighted by molar-refractivity contribution is 5.92. The van der Waals surface area contributed by atoms with E-state index in [0.29, 0.717) is 68.7 Å². The standard InChI is InChI=1S/C35H51N7O5/c1-8-40-16-17-41(32(44)12-11-27-23(2)38-39(4)24(27)3)15-13-31(43)36-20-25-10-9-14-42(21-25)35-26(22-40)18-28-29(37-35)19-30(45-5)34(47-7)33(28)46-6/h18-19,25H,8-17,20-22H2,1-7H3,(H,36,43). The number of nitrogens with zero attached hydrogens (tertiary/aromatic N) is 6.